The van der Waals surface area contributed by atoms with Gasteiger partial charge in [0, 0.05) is 37.2 Å². The first-order chi connectivity index (χ1) is 17.2. The number of halogens is 2. The molecule has 0 radical (unpaired) electrons. The molecule has 3 aromatic heterocycles. The Morgan fingerprint density at radius 3 is 2.69 bits per heavy atom. The maximum Gasteiger partial charge on any atom is 0.410 e. The third-order valence-corrected chi connectivity index (χ3v) is 5.96. The highest BCUT2D eigenvalue weighted by Gasteiger charge is 2.32. The molecule has 10 heteroatoms. The molecule has 0 saturated carbocycles. The summed E-state index contributed by atoms with van der Waals surface area (Å²) in [7, 11) is 0. The molecule has 8 nitrogen and oxygen atoms in total. The predicted octanol–water partition coefficient (Wildman–Crippen LogP) is 5.20. The molecule has 5 rings (SSSR count). The second kappa shape index (κ2) is 9.33. The zero-order valence-electron chi connectivity index (χ0n) is 20.3. The number of likely N-dealkylation sites (tertiary alicyclic amines) is 1. The first-order valence-corrected chi connectivity index (χ1v) is 11.9. The Bertz CT molecular complexity index is 1420. The summed E-state index contributed by atoms with van der Waals surface area (Å²) in [5, 5.41) is 8.91. The number of alkyl halides is 1. The Balaban J connectivity index is 1.43. The number of hydrogen-bond donors (Lipinski definition) is 0. The highest BCUT2D eigenvalue weighted by molar-refractivity contribution is 5.86. The fourth-order valence-corrected chi connectivity index (χ4v) is 4.24. The van der Waals surface area contributed by atoms with E-state index >= 15 is 4.39 Å². The van der Waals surface area contributed by atoms with Crippen molar-refractivity contribution in [1.29, 1.82) is 0 Å². The lowest BCUT2D eigenvalue weighted by Crippen LogP contribution is -2.37. The van der Waals surface area contributed by atoms with E-state index < -0.39 is 29.8 Å². The molecule has 4 aromatic rings. The largest absolute Gasteiger partial charge is 0.485 e. The van der Waals surface area contributed by atoms with Crippen LogP contribution < -0.4 is 4.74 Å². The van der Waals surface area contributed by atoms with E-state index in [1.165, 1.54) is 17.0 Å². The Morgan fingerprint density at radius 2 is 1.89 bits per heavy atom. The molecular weight excluding hydrogens is 468 g/mol. The average molecular weight is 496 g/mol. The molecule has 4 heterocycles. The van der Waals surface area contributed by atoms with Crippen molar-refractivity contribution in [3.63, 3.8) is 0 Å². The van der Waals surface area contributed by atoms with E-state index in [4.69, 9.17) is 9.47 Å². The molecule has 1 amide bonds. The maximum atomic E-state index is 15.1. The number of carbonyl (C=O) groups excluding carboxylic acids is 1. The van der Waals surface area contributed by atoms with Crippen molar-refractivity contribution in [3.05, 3.63) is 54.5 Å². The normalized spacial score (nSPS) is 18.9. The summed E-state index contributed by atoms with van der Waals surface area (Å²) in [6.45, 7) is 5.82. The lowest BCUT2D eigenvalue weighted by molar-refractivity contribution is 0.0252. The minimum Gasteiger partial charge on any atom is -0.485 e. The van der Waals surface area contributed by atoms with Gasteiger partial charge < -0.3 is 14.4 Å². The van der Waals surface area contributed by atoms with Gasteiger partial charge in [-0.3, -0.25) is 4.40 Å². The summed E-state index contributed by atoms with van der Waals surface area (Å²) in [6.07, 6.45) is -0.567. The van der Waals surface area contributed by atoms with Gasteiger partial charge in [0.25, 0.3) is 0 Å². The second-order valence-corrected chi connectivity index (χ2v) is 9.84. The van der Waals surface area contributed by atoms with E-state index in [2.05, 4.69) is 15.2 Å². The van der Waals surface area contributed by atoms with Gasteiger partial charge in [-0.25, -0.2) is 18.6 Å². The van der Waals surface area contributed by atoms with Gasteiger partial charge in [-0.05, 0) is 51.5 Å². The monoisotopic (exact) mass is 495 g/mol. The number of pyridine rings is 2. The predicted molar refractivity (Wildman–Crippen MR) is 130 cm³/mol. The van der Waals surface area contributed by atoms with Gasteiger partial charge in [-0.2, -0.15) is 0 Å². The summed E-state index contributed by atoms with van der Waals surface area (Å²) in [5.74, 6) is 0.145. The number of rotatable bonds is 3. The van der Waals surface area contributed by atoms with Crippen molar-refractivity contribution >= 4 is 22.6 Å². The molecule has 0 aliphatic carbocycles. The number of aromatic nitrogens is 4. The SMILES string of the molecule is CC(C)(C)OC(=O)N1CCC(F)C(Oc2cc(F)cc3ccc(-c4nnc5ccccn45)nc23)CC1. The number of carbonyl (C=O) groups is 1. The average Bonchev–Trinajstić information content (AvgIpc) is 3.17. The van der Waals surface area contributed by atoms with Crippen LogP contribution in [-0.2, 0) is 4.74 Å². The molecule has 2 atom stereocenters. The standard InChI is InChI=1S/C26H27F2N5O3/c1-26(2,3)36-25(34)32-12-9-18(28)20(10-13-32)35-21-15-17(27)14-16-7-8-19(29-23(16)21)24-31-30-22-6-4-5-11-33(22)24/h4-8,11,14-15,18,20H,9-10,12-13H2,1-3H3. The van der Waals surface area contributed by atoms with Gasteiger partial charge >= 0.3 is 6.09 Å². The van der Waals surface area contributed by atoms with Crippen LogP contribution in [0.4, 0.5) is 13.6 Å². The zero-order chi connectivity index (χ0) is 25.4. The summed E-state index contributed by atoms with van der Waals surface area (Å²) in [4.78, 5) is 18.6. The minimum absolute atomic E-state index is 0.0849. The van der Waals surface area contributed by atoms with Crippen molar-refractivity contribution in [2.45, 2.75) is 51.5 Å². The van der Waals surface area contributed by atoms with Gasteiger partial charge in [-0.1, -0.05) is 12.1 Å². The lowest BCUT2D eigenvalue weighted by atomic mass is 10.1. The number of amides is 1. The maximum absolute atomic E-state index is 15.1. The van der Waals surface area contributed by atoms with Gasteiger partial charge in [0.1, 0.15) is 40.7 Å². The third-order valence-electron chi connectivity index (χ3n) is 5.96. The smallest absolute Gasteiger partial charge is 0.410 e. The van der Waals surface area contributed by atoms with Crippen LogP contribution in [0.3, 0.4) is 0 Å². The van der Waals surface area contributed by atoms with Crippen molar-refractivity contribution in [2.24, 2.45) is 0 Å². The molecule has 1 saturated heterocycles. The van der Waals surface area contributed by atoms with Crippen molar-refractivity contribution in [3.8, 4) is 17.3 Å². The van der Waals surface area contributed by atoms with Crippen molar-refractivity contribution < 1.29 is 23.0 Å². The van der Waals surface area contributed by atoms with Gasteiger partial charge in [-0.15, -0.1) is 10.2 Å². The molecule has 188 valence electrons. The molecule has 1 aromatic carbocycles. The Kier molecular flexibility index (Phi) is 6.19. The van der Waals surface area contributed by atoms with Crippen LogP contribution in [0, 0.1) is 5.82 Å². The van der Waals surface area contributed by atoms with Crippen molar-refractivity contribution in [1.82, 2.24) is 24.5 Å². The van der Waals surface area contributed by atoms with E-state index in [9.17, 15) is 9.18 Å². The fourth-order valence-electron chi connectivity index (χ4n) is 4.24. The molecule has 0 N–H and O–H groups in total. The van der Waals surface area contributed by atoms with Crippen LogP contribution in [0.15, 0.2) is 48.7 Å². The van der Waals surface area contributed by atoms with Crippen LogP contribution in [0.5, 0.6) is 5.75 Å². The first kappa shape index (κ1) is 23.9. The van der Waals surface area contributed by atoms with Crippen molar-refractivity contribution in [2.75, 3.05) is 13.1 Å². The second-order valence-electron chi connectivity index (χ2n) is 9.84. The van der Waals surface area contributed by atoms with Gasteiger partial charge in [0.05, 0.1) is 0 Å². The van der Waals surface area contributed by atoms with Gasteiger partial charge in [0.15, 0.2) is 11.5 Å². The summed E-state index contributed by atoms with van der Waals surface area (Å²) in [5.41, 5.74) is 0.931. The molecule has 0 bridgehead atoms. The number of fused-ring (bicyclic) bond motifs is 2. The third kappa shape index (κ3) is 4.93. The van der Waals surface area contributed by atoms with Crippen LogP contribution in [0.1, 0.15) is 33.6 Å². The molecule has 1 fully saturated rings. The number of nitrogens with zero attached hydrogens (tertiary/aromatic N) is 5. The highest BCUT2D eigenvalue weighted by Crippen LogP contribution is 2.31. The number of benzene rings is 1. The van der Waals surface area contributed by atoms with E-state index in [-0.39, 0.29) is 31.7 Å². The summed E-state index contributed by atoms with van der Waals surface area (Å²) < 4.78 is 42.8. The number of hydrogen-bond acceptors (Lipinski definition) is 6. The molecule has 1 aliphatic heterocycles. The first-order valence-electron chi connectivity index (χ1n) is 11.9. The molecule has 1 aliphatic rings. The summed E-state index contributed by atoms with van der Waals surface area (Å²) >= 11 is 0. The van der Waals surface area contributed by atoms with E-state index in [0.29, 0.717) is 28.1 Å². The van der Waals surface area contributed by atoms with E-state index in [1.54, 1.807) is 37.3 Å². The van der Waals surface area contributed by atoms with Crippen LogP contribution in [-0.4, -0.2) is 61.5 Å². The quantitative estimate of drug-likeness (QED) is 0.389. The van der Waals surface area contributed by atoms with Crippen LogP contribution >= 0.6 is 0 Å². The molecule has 0 spiro atoms. The molecule has 36 heavy (non-hydrogen) atoms. The zero-order valence-corrected chi connectivity index (χ0v) is 20.3. The Hall–Kier alpha value is -3.82. The van der Waals surface area contributed by atoms with Crippen LogP contribution in [0.25, 0.3) is 28.1 Å². The minimum atomic E-state index is -1.35. The lowest BCUT2D eigenvalue weighted by Gasteiger charge is -2.26. The number of ether oxygens (including phenoxy) is 2. The van der Waals surface area contributed by atoms with Gasteiger partial charge in [0.2, 0.25) is 0 Å². The Labute approximate surface area is 206 Å². The molecular formula is C26H27F2N5O3. The summed E-state index contributed by atoms with van der Waals surface area (Å²) in [6, 6.07) is 11.6. The van der Waals surface area contributed by atoms with E-state index in [1.807, 2.05) is 24.4 Å². The van der Waals surface area contributed by atoms with Crippen LogP contribution in [0.2, 0.25) is 0 Å². The topological polar surface area (TPSA) is 81.8 Å². The Morgan fingerprint density at radius 1 is 1.08 bits per heavy atom. The molecule has 2 unspecified atom stereocenters. The highest BCUT2D eigenvalue weighted by atomic mass is 19.1. The fraction of sp³-hybridized carbons (Fsp3) is 0.385. The van der Waals surface area contributed by atoms with E-state index in [0.717, 1.165) is 0 Å².